The number of aliphatic hydroxyl groups is 1. The van der Waals surface area contributed by atoms with Crippen molar-refractivity contribution in [1.82, 2.24) is 14.6 Å². The van der Waals surface area contributed by atoms with Crippen molar-refractivity contribution in [1.29, 1.82) is 0 Å². The fraction of sp³-hybridized carbons (Fsp3) is 0.250. The average molecular weight is 353 g/mol. The Bertz CT molecular complexity index is 864. The molecule has 0 aliphatic carbocycles. The number of hydrogen-bond acceptors (Lipinski definition) is 5. The van der Waals surface area contributed by atoms with Gasteiger partial charge in [0.25, 0.3) is 0 Å². The number of halogens is 3. The molecule has 0 aliphatic rings. The highest BCUT2D eigenvalue weighted by Crippen LogP contribution is 2.28. The lowest BCUT2D eigenvalue weighted by molar-refractivity contribution is -0.274. The smallest absolute Gasteiger partial charge is 0.477 e. The molecule has 0 unspecified atom stereocenters. The van der Waals surface area contributed by atoms with Crippen LogP contribution in [0.5, 0.6) is 11.6 Å². The van der Waals surface area contributed by atoms with Gasteiger partial charge < -0.3 is 14.6 Å². The summed E-state index contributed by atoms with van der Waals surface area (Å²) >= 11 is 0. The first-order valence-electron chi connectivity index (χ1n) is 7.41. The van der Waals surface area contributed by atoms with Crippen LogP contribution in [0.15, 0.2) is 42.6 Å². The number of rotatable bonds is 6. The zero-order valence-electron chi connectivity index (χ0n) is 12.9. The number of aromatic nitrogens is 3. The monoisotopic (exact) mass is 353 g/mol. The SMILES string of the molecule is OCCCOc1ccc2ncc(-c3cccc(OC(F)(F)F)c3)n2n1. The van der Waals surface area contributed by atoms with E-state index in [4.69, 9.17) is 9.84 Å². The Morgan fingerprint density at radius 1 is 1.16 bits per heavy atom. The fourth-order valence-corrected chi connectivity index (χ4v) is 2.22. The maximum Gasteiger partial charge on any atom is 0.573 e. The van der Waals surface area contributed by atoms with E-state index < -0.39 is 6.36 Å². The van der Waals surface area contributed by atoms with Crippen LogP contribution in [-0.2, 0) is 0 Å². The van der Waals surface area contributed by atoms with Gasteiger partial charge in [0.1, 0.15) is 5.75 Å². The topological polar surface area (TPSA) is 68.9 Å². The van der Waals surface area contributed by atoms with Gasteiger partial charge in [-0.25, -0.2) is 9.50 Å². The highest BCUT2D eigenvalue weighted by molar-refractivity contribution is 5.64. The molecule has 0 bridgehead atoms. The van der Waals surface area contributed by atoms with Gasteiger partial charge in [-0.05, 0) is 18.2 Å². The molecule has 0 spiro atoms. The van der Waals surface area contributed by atoms with E-state index in [1.54, 1.807) is 18.2 Å². The van der Waals surface area contributed by atoms with Crippen molar-refractivity contribution in [2.75, 3.05) is 13.2 Å². The van der Waals surface area contributed by atoms with E-state index in [-0.39, 0.29) is 12.4 Å². The summed E-state index contributed by atoms with van der Waals surface area (Å²) in [7, 11) is 0. The number of alkyl halides is 3. The summed E-state index contributed by atoms with van der Waals surface area (Å²) in [6.45, 7) is 0.304. The van der Waals surface area contributed by atoms with E-state index in [2.05, 4.69) is 14.8 Å². The van der Waals surface area contributed by atoms with Crippen LogP contribution in [0.2, 0.25) is 0 Å². The molecule has 0 fully saturated rings. The van der Waals surface area contributed by atoms with Gasteiger partial charge in [-0.15, -0.1) is 18.3 Å². The zero-order chi connectivity index (χ0) is 17.9. The quantitative estimate of drug-likeness (QED) is 0.690. The summed E-state index contributed by atoms with van der Waals surface area (Å²) in [6, 6.07) is 8.88. The van der Waals surface area contributed by atoms with Crippen molar-refractivity contribution in [2.24, 2.45) is 0 Å². The fourth-order valence-electron chi connectivity index (χ4n) is 2.22. The van der Waals surface area contributed by atoms with Gasteiger partial charge in [0, 0.05) is 24.7 Å². The molecule has 132 valence electrons. The first kappa shape index (κ1) is 17.0. The van der Waals surface area contributed by atoms with Crippen molar-refractivity contribution in [3.8, 4) is 22.9 Å². The molecule has 2 aromatic heterocycles. The third kappa shape index (κ3) is 4.18. The molecule has 1 aromatic carbocycles. The first-order valence-corrected chi connectivity index (χ1v) is 7.41. The van der Waals surface area contributed by atoms with Crippen LogP contribution in [0.1, 0.15) is 6.42 Å². The summed E-state index contributed by atoms with van der Waals surface area (Å²) < 4.78 is 48.0. The molecular formula is C16H14F3N3O3. The summed E-state index contributed by atoms with van der Waals surface area (Å²) in [4.78, 5) is 4.18. The molecule has 2 heterocycles. The second-order valence-corrected chi connectivity index (χ2v) is 5.09. The normalized spacial score (nSPS) is 11.7. The number of ether oxygens (including phenoxy) is 2. The lowest BCUT2D eigenvalue weighted by Crippen LogP contribution is -2.17. The molecule has 3 aromatic rings. The Labute approximate surface area is 140 Å². The molecule has 1 N–H and O–H groups in total. The van der Waals surface area contributed by atoms with Gasteiger partial charge in [-0.1, -0.05) is 12.1 Å². The number of fused-ring (bicyclic) bond motifs is 1. The van der Waals surface area contributed by atoms with E-state index >= 15 is 0 Å². The summed E-state index contributed by atoms with van der Waals surface area (Å²) in [5.74, 6) is -0.00167. The molecule has 0 amide bonds. The summed E-state index contributed by atoms with van der Waals surface area (Å²) in [5, 5.41) is 13.0. The standard InChI is InChI=1S/C16H14F3N3O3/c17-16(18,19)25-12-4-1-3-11(9-12)13-10-20-14-5-6-15(21-22(13)14)24-8-2-7-23/h1,3-6,9-10,23H,2,7-8H2. The Kier molecular flexibility index (Phi) is 4.75. The predicted molar refractivity (Wildman–Crippen MR) is 82.3 cm³/mol. The number of hydrogen-bond donors (Lipinski definition) is 1. The lowest BCUT2D eigenvalue weighted by Gasteiger charge is -2.10. The van der Waals surface area contributed by atoms with E-state index in [9.17, 15) is 13.2 Å². The van der Waals surface area contributed by atoms with Crippen LogP contribution in [0, 0.1) is 0 Å². The minimum atomic E-state index is -4.76. The molecule has 0 atom stereocenters. The molecular weight excluding hydrogens is 339 g/mol. The van der Waals surface area contributed by atoms with E-state index in [0.717, 1.165) is 0 Å². The number of benzene rings is 1. The highest BCUT2D eigenvalue weighted by atomic mass is 19.4. The lowest BCUT2D eigenvalue weighted by atomic mass is 10.1. The van der Waals surface area contributed by atoms with Gasteiger partial charge in [-0.2, -0.15) is 0 Å². The maximum absolute atomic E-state index is 12.4. The number of nitrogens with zero attached hydrogens (tertiary/aromatic N) is 3. The Balaban J connectivity index is 1.92. The molecule has 0 aliphatic heterocycles. The van der Waals surface area contributed by atoms with E-state index in [1.165, 1.54) is 28.9 Å². The largest absolute Gasteiger partial charge is 0.573 e. The zero-order valence-corrected chi connectivity index (χ0v) is 12.9. The minimum Gasteiger partial charge on any atom is -0.477 e. The van der Waals surface area contributed by atoms with E-state index in [1.807, 2.05) is 0 Å². The molecule has 6 nitrogen and oxygen atoms in total. The molecule has 9 heteroatoms. The van der Waals surface area contributed by atoms with Gasteiger partial charge in [-0.3, -0.25) is 0 Å². The van der Waals surface area contributed by atoms with Crippen molar-refractivity contribution in [3.05, 3.63) is 42.6 Å². The third-order valence-electron chi connectivity index (χ3n) is 3.25. The maximum atomic E-state index is 12.4. The molecule has 0 saturated carbocycles. The predicted octanol–water partition coefficient (Wildman–Crippen LogP) is 3.06. The van der Waals surface area contributed by atoms with Gasteiger partial charge >= 0.3 is 6.36 Å². The molecule has 0 saturated heterocycles. The van der Waals surface area contributed by atoms with Gasteiger partial charge in [0.05, 0.1) is 18.5 Å². The van der Waals surface area contributed by atoms with Crippen LogP contribution in [0.3, 0.4) is 0 Å². The third-order valence-corrected chi connectivity index (χ3v) is 3.25. The second-order valence-electron chi connectivity index (χ2n) is 5.09. The van der Waals surface area contributed by atoms with Crippen molar-refractivity contribution in [2.45, 2.75) is 12.8 Å². The summed E-state index contributed by atoms with van der Waals surface area (Å²) in [5.41, 5.74) is 1.48. The second kappa shape index (κ2) is 6.98. The number of aliphatic hydroxyl groups excluding tert-OH is 1. The Morgan fingerprint density at radius 3 is 2.76 bits per heavy atom. The summed E-state index contributed by atoms with van der Waals surface area (Å²) in [6.07, 6.45) is -2.79. The van der Waals surface area contributed by atoms with Crippen LogP contribution in [0.4, 0.5) is 13.2 Å². The molecule has 25 heavy (non-hydrogen) atoms. The highest BCUT2D eigenvalue weighted by Gasteiger charge is 2.31. The first-order chi connectivity index (χ1) is 12.0. The van der Waals surface area contributed by atoms with Crippen molar-refractivity contribution < 1.29 is 27.8 Å². The number of imidazole rings is 1. The molecule has 0 radical (unpaired) electrons. The van der Waals surface area contributed by atoms with Crippen LogP contribution >= 0.6 is 0 Å². The minimum absolute atomic E-state index is 0.00453. The van der Waals surface area contributed by atoms with E-state index in [0.29, 0.717) is 35.8 Å². The van der Waals surface area contributed by atoms with Crippen LogP contribution < -0.4 is 9.47 Å². The van der Waals surface area contributed by atoms with Crippen LogP contribution in [-0.4, -0.2) is 39.3 Å². The van der Waals surface area contributed by atoms with Gasteiger partial charge in [0.2, 0.25) is 5.88 Å². The van der Waals surface area contributed by atoms with Crippen LogP contribution in [0.25, 0.3) is 16.9 Å². The average Bonchev–Trinajstić information content (AvgIpc) is 2.97. The Morgan fingerprint density at radius 2 is 2.00 bits per heavy atom. The van der Waals surface area contributed by atoms with Crippen molar-refractivity contribution in [3.63, 3.8) is 0 Å². The van der Waals surface area contributed by atoms with Gasteiger partial charge in [0.15, 0.2) is 5.65 Å². The van der Waals surface area contributed by atoms with Crippen molar-refractivity contribution >= 4 is 5.65 Å². The molecule has 3 rings (SSSR count). The Hall–Kier alpha value is -2.81.